The number of hydrogen-bond donors (Lipinski definition) is 3. The highest BCUT2D eigenvalue weighted by Crippen LogP contribution is 2.39. The highest BCUT2D eigenvalue weighted by Gasteiger charge is 2.22. The lowest BCUT2D eigenvalue weighted by Crippen LogP contribution is -2.05. The van der Waals surface area contributed by atoms with E-state index < -0.39 is 4.92 Å². The van der Waals surface area contributed by atoms with Gasteiger partial charge in [-0.15, -0.1) is 0 Å². The van der Waals surface area contributed by atoms with E-state index in [4.69, 9.17) is 4.74 Å². The Morgan fingerprint density at radius 1 is 0.571 bits per heavy atom. The molecule has 210 valence electrons. The fourth-order valence-electron chi connectivity index (χ4n) is 5.63. The third-order valence-corrected chi connectivity index (χ3v) is 7.80. The van der Waals surface area contributed by atoms with Crippen molar-refractivity contribution in [3.8, 4) is 23.0 Å². The van der Waals surface area contributed by atoms with Crippen LogP contribution >= 0.6 is 0 Å². The van der Waals surface area contributed by atoms with Gasteiger partial charge < -0.3 is 20.1 Å². The third-order valence-electron chi connectivity index (χ3n) is 7.80. The maximum atomic E-state index is 11.8. The quantitative estimate of drug-likeness (QED) is 0.159. The maximum absolute atomic E-state index is 11.8. The molecule has 1 aliphatic carbocycles. The average Bonchev–Trinajstić information content (AvgIpc) is 2.98. The first-order chi connectivity index (χ1) is 20.4. The molecular formula is C35H29NO6. The first-order valence-corrected chi connectivity index (χ1v) is 13.7. The number of phenols is 3. The number of para-hydroxylation sites is 3. The van der Waals surface area contributed by atoms with E-state index in [1.807, 2.05) is 72.8 Å². The van der Waals surface area contributed by atoms with Crippen molar-refractivity contribution in [3.05, 3.63) is 157 Å². The standard InChI is InChI=1S/C35H29NO6/c37-32-23-9-4-11-25(32)17-29-19-31(36(40)41)20-30(34(29)39)18-26-12-5-10-24(33(26)38)16-28-14-6-13-27(15-23)35(28)42-21-22-7-2-1-3-8-22/h1-14,19-20,37-39H,15-18,21H2. The normalized spacial score (nSPS) is 12.5. The zero-order valence-corrected chi connectivity index (χ0v) is 22.8. The maximum Gasteiger partial charge on any atom is 0.270 e. The van der Waals surface area contributed by atoms with E-state index in [0.717, 1.165) is 16.7 Å². The monoisotopic (exact) mass is 559 g/mol. The number of non-ortho nitro benzene ring substituents is 1. The molecule has 0 aliphatic heterocycles. The van der Waals surface area contributed by atoms with E-state index in [9.17, 15) is 25.4 Å². The zero-order valence-electron chi connectivity index (χ0n) is 22.8. The smallest absolute Gasteiger partial charge is 0.270 e. The summed E-state index contributed by atoms with van der Waals surface area (Å²) in [5.41, 5.74) is 5.64. The van der Waals surface area contributed by atoms with Crippen molar-refractivity contribution < 1.29 is 25.0 Å². The molecule has 0 spiro atoms. The molecule has 0 unspecified atom stereocenters. The van der Waals surface area contributed by atoms with Gasteiger partial charge in [0.2, 0.25) is 0 Å². The van der Waals surface area contributed by atoms with Crippen LogP contribution in [0.4, 0.5) is 5.69 Å². The number of ether oxygens (including phenoxy) is 1. The number of fused-ring (bicyclic) bond motifs is 8. The van der Waals surface area contributed by atoms with Gasteiger partial charge in [0.05, 0.1) is 4.92 Å². The Balaban J connectivity index is 1.52. The van der Waals surface area contributed by atoms with E-state index in [1.54, 1.807) is 12.1 Å². The largest absolute Gasteiger partial charge is 0.507 e. The van der Waals surface area contributed by atoms with Gasteiger partial charge in [0.1, 0.15) is 29.6 Å². The summed E-state index contributed by atoms with van der Waals surface area (Å²) < 4.78 is 6.45. The number of aromatic hydroxyl groups is 3. The van der Waals surface area contributed by atoms with Gasteiger partial charge in [-0.1, -0.05) is 84.9 Å². The number of nitro benzene ring substituents is 1. The molecule has 8 bridgehead atoms. The third kappa shape index (κ3) is 5.37. The molecule has 7 nitrogen and oxygen atoms in total. The average molecular weight is 560 g/mol. The molecule has 5 aromatic rings. The molecule has 1 aliphatic rings. The summed E-state index contributed by atoms with van der Waals surface area (Å²) in [7, 11) is 0. The molecule has 0 aromatic heterocycles. The fraction of sp³-hybridized carbons (Fsp3) is 0.143. The van der Waals surface area contributed by atoms with Gasteiger partial charge in [0, 0.05) is 48.9 Å². The molecule has 5 aromatic carbocycles. The van der Waals surface area contributed by atoms with E-state index in [-0.39, 0.29) is 35.8 Å². The predicted molar refractivity (Wildman–Crippen MR) is 159 cm³/mol. The van der Waals surface area contributed by atoms with Crippen LogP contribution < -0.4 is 4.74 Å². The van der Waals surface area contributed by atoms with Crippen LogP contribution in [-0.4, -0.2) is 20.2 Å². The molecule has 0 heterocycles. The van der Waals surface area contributed by atoms with Crippen LogP contribution in [0.3, 0.4) is 0 Å². The minimum absolute atomic E-state index is 0.0688. The molecule has 0 atom stereocenters. The number of hydrogen-bond acceptors (Lipinski definition) is 6. The van der Waals surface area contributed by atoms with E-state index in [0.29, 0.717) is 58.6 Å². The number of nitrogens with zero attached hydrogens (tertiary/aromatic N) is 1. The minimum Gasteiger partial charge on any atom is -0.507 e. The molecule has 6 rings (SSSR count). The van der Waals surface area contributed by atoms with Crippen LogP contribution in [0.25, 0.3) is 0 Å². The SMILES string of the molecule is O=[N+]([O-])c1cc2c(O)c(c1)Cc1cccc(c1O)Cc1cccc(c1OCc1ccccc1)Cc1cccc(c1O)C2. The van der Waals surface area contributed by atoms with Crippen LogP contribution in [0, 0.1) is 10.1 Å². The second kappa shape index (κ2) is 11.3. The molecule has 0 radical (unpaired) electrons. The van der Waals surface area contributed by atoms with E-state index in [2.05, 4.69) is 0 Å². The van der Waals surface area contributed by atoms with Gasteiger partial charge in [0.15, 0.2) is 0 Å². The molecule has 0 fully saturated rings. The number of phenolic OH excluding ortho intramolecular Hbond substituents is 3. The van der Waals surface area contributed by atoms with Gasteiger partial charge >= 0.3 is 0 Å². The lowest BCUT2D eigenvalue weighted by molar-refractivity contribution is -0.385. The summed E-state index contributed by atoms with van der Waals surface area (Å²) >= 11 is 0. The van der Waals surface area contributed by atoms with Gasteiger partial charge in [-0.05, 0) is 38.9 Å². The number of rotatable bonds is 4. The van der Waals surface area contributed by atoms with Gasteiger partial charge in [-0.25, -0.2) is 0 Å². The molecule has 3 N–H and O–H groups in total. The zero-order chi connectivity index (χ0) is 29.2. The minimum atomic E-state index is -0.499. The summed E-state index contributed by atoms with van der Waals surface area (Å²) in [5.74, 6) is 0.740. The lowest BCUT2D eigenvalue weighted by atomic mass is 9.91. The van der Waals surface area contributed by atoms with Crippen molar-refractivity contribution >= 4 is 5.69 Å². The van der Waals surface area contributed by atoms with Crippen molar-refractivity contribution in [1.82, 2.24) is 0 Å². The van der Waals surface area contributed by atoms with E-state index in [1.165, 1.54) is 12.1 Å². The first-order valence-electron chi connectivity index (χ1n) is 13.7. The van der Waals surface area contributed by atoms with Gasteiger partial charge in [0.25, 0.3) is 5.69 Å². The summed E-state index contributed by atoms with van der Waals surface area (Å²) in [5, 5.41) is 45.7. The molecule has 0 saturated heterocycles. The van der Waals surface area contributed by atoms with Crippen molar-refractivity contribution in [2.24, 2.45) is 0 Å². The number of nitro groups is 1. The predicted octanol–water partition coefficient (Wildman–Crippen LogP) is 6.97. The van der Waals surface area contributed by atoms with Crippen LogP contribution in [0.15, 0.2) is 97.1 Å². The van der Waals surface area contributed by atoms with Crippen LogP contribution in [0.1, 0.15) is 50.1 Å². The summed E-state index contributed by atoms with van der Waals surface area (Å²) in [6, 6.07) is 29.3. The Hall–Kier alpha value is -5.30. The molecule has 42 heavy (non-hydrogen) atoms. The summed E-state index contributed by atoms with van der Waals surface area (Å²) in [4.78, 5) is 11.3. The fourth-order valence-corrected chi connectivity index (χ4v) is 5.63. The summed E-state index contributed by atoms with van der Waals surface area (Å²) in [6.45, 7) is 0.357. The number of benzene rings is 5. The topological polar surface area (TPSA) is 113 Å². The highest BCUT2D eigenvalue weighted by molar-refractivity contribution is 5.57. The summed E-state index contributed by atoms with van der Waals surface area (Å²) in [6.07, 6.45) is 0.916. The van der Waals surface area contributed by atoms with Gasteiger partial charge in [-0.2, -0.15) is 0 Å². The molecule has 0 saturated carbocycles. The lowest BCUT2D eigenvalue weighted by Gasteiger charge is -2.19. The second-order valence-electron chi connectivity index (χ2n) is 10.6. The van der Waals surface area contributed by atoms with Gasteiger partial charge in [-0.3, -0.25) is 10.1 Å². The molecule has 7 heteroatoms. The Morgan fingerprint density at radius 3 is 1.43 bits per heavy atom. The Morgan fingerprint density at radius 2 is 0.976 bits per heavy atom. The Labute approximate surface area is 243 Å². The molecular weight excluding hydrogens is 530 g/mol. The van der Waals surface area contributed by atoms with Crippen molar-refractivity contribution in [2.75, 3.05) is 0 Å². The van der Waals surface area contributed by atoms with Crippen LogP contribution in [0.2, 0.25) is 0 Å². The first kappa shape index (κ1) is 26.9. The van der Waals surface area contributed by atoms with Crippen molar-refractivity contribution in [2.45, 2.75) is 32.3 Å². The van der Waals surface area contributed by atoms with Crippen molar-refractivity contribution in [1.29, 1.82) is 0 Å². The Kier molecular flexibility index (Phi) is 7.23. The van der Waals surface area contributed by atoms with E-state index >= 15 is 0 Å². The highest BCUT2D eigenvalue weighted by atomic mass is 16.6. The van der Waals surface area contributed by atoms with Crippen LogP contribution in [-0.2, 0) is 32.3 Å². The molecule has 0 amide bonds. The second-order valence-corrected chi connectivity index (χ2v) is 10.6. The Bertz CT molecular complexity index is 1700. The van der Waals surface area contributed by atoms with Crippen LogP contribution in [0.5, 0.6) is 23.0 Å². The van der Waals surface area contributed by atoms with Crippen molar-refractivity contribution in [3.63, 3.8) is 0 Å².